The summed E-state index contributed by atoms with van der Waals surface area (Å²) in [5, 5.41) is 0. The first-order valence-corrected chi connectivity index (χ1v) is 2.39. The summed E-state index contributed by atoms with van der Waals surface area (Å²) in [6, 6.07) is 0. The molecule has 4 N–H and O–H groups in total. The highest BCUT2D eigenvalue weighted by Gasteiger charge is 1.77. The Labute approximate surface area is 70.9 Å². The van der Waals surface area contributed by atoms with Crippen molar-refractivity contribution in [1.29, 1.82) is 0 Å². The number of halogens is 2. The Bertz CT molecular complexity index is 43.3. The first kappa shape index (κ1) is 16.2. The second-order valence-corrected chi connectivity index (χ2v) is 1.19. The Hall–Kier alpha value is 0.460. The van der Waals surface area contributed by atoms with Crippen molar-refractivity contribution in [3.63, 3.8) is 0 Å². The van der Waals surface area contributed by atoms with E-state index in [0.29, 0.717) is 26.3 Å². The molecule has 0 aromatic carbocycles. The highest BCUT2D eigenvalue weighted by atomic mass is 35.5. The van der Waals surface area contributed by atoms with Gasteiger partial charge in [0.15, 0.2) is 0 Å². The monoisotopic (exact) mass is 176 g/mol. The highest BCUT2D eigenvalue weighted by molar-refractivity contribution is 4.31. The fourth-order valence-electron chi connectivity index (χ4n) is 0.269. The van der Waals surface area contributed by atoms with Gasteiger partial charge in [0, 0.05) is 13.1 Å². The molecule has 0 atom stereocenters. The van der Waals surface area contributed by atoms with Gasteiger partial charge in [-0.15, -0.1) is 0 Å². The molecule has 0 radical (unpaired) electrons. The first-order chi connectivity index (χ1) is 3.41. The summed E-state index contributed by atoms with van der Waals surface area (Å²) in [5.74, 6) is 0. The minimum atomic E-state index is 0. The molecule has 0 spiro atoms. The maximum atomic E-state index is 5.10. The van der Waals surface area contributed by atoms with E-state index in [1.807, 2.05) is 0 Å². The van der Waals surface area contributed by atoms with Crippen LogP contribution in [-0.2, 0) is 4.74 Å². The van der Waals surface area contributed by atoms with Crippen LogP contribution < -0.4 is 36.3 Å². The molecule has 0 unspecified atom stereocenters. The number of rotatable bonds is 4. The molecule has 0 amide bonds. The molecule has 0 aliphatic carbocycles. The third kappa shape index (κ3) is 17.7. The SMILES string of the molecule is NCCOCCN.[Cl-].[Cl-].[H+].[H+]. The molecular formula is C4H14Cl2N2O. The van der Waals surface area contributed by atoms with Crippen LogP contribution in [0.4, 0.5) is 0 Å². The van der Waals surface area contributed by atoms with Gasteiger partial charge in [0.2, 0.25) is 0 Å². The molecular weight excluding hydrogens is 163 g/mol. The number of hydrogen-bond acceptors (Lipinski definition) is 3. The molecule has 0 bridgehead atoms. The van der Waals surface area contributed by atoms with Crippen LogP contribution in [0.3, 0.4) is 0 Å². The van der Waals surface area contributed by atoms with Crippen LogP contribution in [0, 0.1) is 0 Å². The lowest BCUT2D eigenvalue weighted by Gasteiger charge is -1.95. The van der Waals surface area contributed by atoms with Crippen LogP contribution in [-0.4, -0.2) is 26.3 Å². The Kier molecular flexibility index (Phi) is 28.5. The van der Waals surface area contributed by atoms with Crippen molar-refractivity contribution in [1.82, 2.24) is 0 Å². The molecule has 0 aliphatic rings. The average Bonchev–Trinajstić information content (AvgIpc) is 1.69. The van der Waals surface area contributed by atoms with Crippen molar-refractivity contribution in [3.05, 3.63) is 0 Å². The van der Waals surface area contributed by atoms with Crippen LogP contribution in [0.25, 0.3) is 0 Å². The molecule has 0 aromatic heterocycles. The Balaban J connectivity index is -0.0000000300. The maximum absolute atomic E-state index is 5.10. The van der Waals surface area contributed by atoms with E-state index in [-0.39, 0.29) is 27.7 Å². The third-order valence-corrected chi connectivity index (χ3v) is 0.524. The van der Waals surface area contributed by atoms with Crippen molar-refractivity contribution in [2.45, 2.75) is 0 Å². The van der Waals surface area contributed by atoms with E-state index in [1.54, 1.807) is 0 Å². The van der Waals surface area contributed by atoms with Crippen molar-refractivity contribution < 1.29 is 32.4 Å². The number of ether oxygens (including phenoxy) is 1. The van der Waals surface area contributed by atoms with Gasteiger partial charge in [-0.3, -0.25) is 0 Å². The quantitative estimate of drug-likeness (QED) is 0.419. The second-order valence-electron chi connectivity index (χ2n) is 1.19. The fourth-order valence-corrected chi connectivity index (χ4v) is 0.269. The highest BCUT2D eigenvalue weighted by Crippen LogP contribution is 1.65. The summed E-state index contributed by atoms with van der Waals surface area (Å²) in [4.78, 5) is 0. The van der Waals surface area contributed by atoms with Crippen LogP contribution in [0.2, 0.25) is 0 Å². The molecule has 0 rings (SSSR count). The van der Waals surface area contributed by atoms with Gasteiger partial charge in [-0.2, -0.15) is 0 Å². The second kappa shape index (κ2) is 15.8. The summed E-state index contributed by atoms with van der Waals surface area (Å²) >= 11 is 0. The zero-order chi connectivity index (χ0) is 5.54. The summed E-state index contributed by atoms with van der Waals surface area (Å²) in [6.45, 7) is 2.41. The van der Waals surface area contributed by atoms with Gasteiger partial charge < -0.3 is 41.0 Å². The average molecular weight is 177 g/mol. The van der Waals surface area contributed by atoms with Gasteiger partial charge >= 0.3 is 2.85 Å². The predicted octanol–water partition coefficient (Wildman–Crippen LogP) is -6.85. The van der Waals surface area contributed by atoms with E-state index >= 15 is 0 Å². The fraction of sp³-hybridized carbons (Fsp3) is 1.00. The topological polar surface area (TPSA) is 61.3 Å². The third-order valence-electron chi connectivity index (χ3n) is 0.524. The van der Waals surface area contributed by atoms with Gasteiger partial charge in [0.05, 0.1) is 13.2 Å². The van der Waals surface area contributed by atoms with Crippen LogP contribution in [0.15, 0.2) is 0 Å². The Morgan fingerprint density at radius 2 is 1.33 bits per heavy atom. The van der Waals surface area contributed by atoms with Crippen LogP contribution in [0.1, 0.15) is 2.85 Å². The summed E-state index contributed by atoms with van der Waals surface area (Å²) in [7, 11) is 0. The van der Waals surface area contributed by atoms with E-state index in [4.69, 9.17) is 16.2 Å². The first-order valence-electron chi connectivity index (χ1n) is 2.39. The van der Waals surface area contributed by atoms with Gasteiger partial charge in [-0.25, -0.2) is 0 Å². The van der Waals surface area contributed by atoms with E-state index in [2.05, 4.69) is 0 Å². The van der Waals surface area contributed by atoms with Crippen LogP contribution >= 0.6 is 0 Å². The van der Waals surface area contributed by atoms with E-state index in [1.165, 1.54) is 0 Å². The zero-order valence-electron chi connectivity index (χ0n) is 7.15. The lowest BCUT2D eigenvalue weighted by molar-refractivity contribution is -0.00100. The summed E-state index contributed by atoms with van der Waals surface area (Å²) in [5.41, 5.74) is 10.2. The number of nitrogens with two attached hydrogens (primary N) is 2. The zero-order valence-corrected chi connectivity index (χ0v) is 6.66. The molecule has 0 aliphatic heterocycles. The molecule has 0 fully saturated rings. The smallest absolute Gasteiger partial charge is 1.00 e. The summed E-state index contributed by atoms with van der Waals surface area (Å²) in [6.07, 6.45) is 0. The molecule has 0 heterocycles. The Morgan fingerprint density at radius 3 is 1.56 bits per heavy atom. The molecule has 0 aromatic rings. The molecule has 3 nitrogen and oxygen atoms in total. The van der Waals surface area contributed by atoms with Crippen molar-refractivity contribution >= 4 is 0 Å². The van der Waals surface area contributed by atoms with E-state index < -0.39 is 0 Å². The molecule has 0 saturated carbocycles. The number of hydrogen-bond donors (Lipinski definition) is 2. The maximum Gasteiger partial charge on any atom is 1.00 e. The summed E-state index contributed by atoms with van der Waals surface area (Å²) < 4.78 is 4.88. The minimum Gasteiger partial charge on any atom is -1.00 e. The van der Waals surface area contributed by atoms with E-state index in [0.717, 1.165) is 0 Å². The van der Waals surface area contributed by atoms with Gasteiger partial charge in [-0.05, 0) is 0 Å². The normalized spacial score (nSPS) is 7.33. The largest absolute Gasteiger partial charge is 1.00 e. The molecule has 60 valence electrons. The van der Waals surface area contributed by atoms with Crippen molar-refractivity contribution in [3.8, 4) is 0 Å². The van der Waals surface area contributed by atoms with Crippen molar-refractivity contribution in [2.75, 3.05) is 26.3 Å². The van der Waals surface area contributed by atoms with E-state index in [9.17, 15) is 0 Å². The van der Waals surface area contributed by atoms with Gasteiger partial charge in [0.25, 0.3) is 0 Å². The molecule has 9 heavy (non-hydrogen) atoms. The Morgan fingerprint density at radius 1 is 1.00 bits per heavy atom. The molecule has 5 heteroatoms. The lowest BCUT2D eigenvalue weighted by Crippen LogP contribution is -3.00. The van der Waals surface area contributed by atoms with Gasteiger partial charge in [0.1, 0.15) is 0 Å². The minimum absolute atomic E-state index is 0. The standard InChI is InChI=1S/C4H12N2O.2ClH/c5-1-3-7-4-2-6;;/h1-6H2;2*1H. The van der Waals surface area contributed by atoms with Crippen molar-refractivity contribution in [2.24, 2.45) is 11.5 Å². The lowest BCUT2D eigenvalue weighted by atomic mass is 10.7. The predicted molar refractivity (Wildman–Crippen MR) is 31.2 cm³/mol. The van der Waals surface area contributed by atoms with Gasteiger partial charge in [-0.1, -0.05) is 0 Å². The molecule has 0 saturated heterocycles. The van der Waals surface area contributed by atoms with Crippen LogP contribution in [0.5, 0.6) is 0 Å².